The van der Waals surface area contributed by atoms with Gasteiger partial charge in [0.1, 0.15) is 0 Å². The Labute approximate surface area is 141 Å². The summed E-state index contributed by atoms with van der Waals surface area (Å²) in [7, 11) is 0. The van der Waals surface area contributed by atoms with Crippen molar-refractivity contribution in [3.05, 3.63) is 0 Å². The number of hydrogen-bond acceptors (Lipinski definition) is 2. The lowest BCUT2D eigenvalue weighted by molar-refractivity contribution is -0.121. The van der Waals surface area contributed by atoms with Crippen molar-refractivity contribution >= 4 is 12.0 Å². The molecule has 0 aromatic heterocycles. The molecule has 0 aromatic carbocycles. The molecule has 5 nitrogen and oxygen atoms in total. The van der Waals surface area contributed by atoms with E-state index >= 15 is 0 Å². The monoisotopic (exact) mass is 328 g/mol. The number of carbonyl (C=O) groups is 2. The highest BCUT2D eigenvalue weighted by Gasteiger charge is 2.01. The number of carbonyl (C=O) groups excluding carboxylic acids is 1. The Kier molecular flexibility index (Phi) is 16.2. The maximum atomic E-state index is 11.6. The van der Waals surface area contributed by atoms with Crippen LogP contribution in [0.1, 0.15) is 90.4 Å². The van der Waals surface area contributed by atoms with Crippen LogP contribution in [0.3, 0.4) is 0 Å². The highest BCUT2D eigenvalue weighted by molar-refractivity contribution is 5.75. The highest BCUT2D eigenvalue weighted by Crippen LogP contribution is 2.10. The second kappa shape index (κ2) is 17.1. The van der Waals surface area contributed by atoms with Crippen LogP contribution in [-0.4, -0.2) is 30.2 Å². The first-order valence-electron chi connectivity index (χ1n) is 9.40. The first kappa shape index (κ1) is 21.7. The minimum atomic E-state index is -1.00. The maximum Gasteiger partial charge on any atom is 0.404 e. The van der Waals surface area contributed by atoms with Crippen molar-refractivity contribution in [2.75, 3.05) is 13.1 Å². The largest absolute Gasteiger partial charge is 0.465 e. The molecule has 0 saturated heterocycles. The second-order valence-corrected chi connectivity index (χ2v) is 6.22. The highest BCUT2D eigenvalue weighted by atomic mass is 16.4. The van der Waals surface area contributed by atoms with Crippen molar-refractivity contribution < 1.29 is 14.7 Å². The minimum absolute atomic E-state index is 0.0799. The van der Waals surface area contributed by atoms with Crippen molar-refractivity contribution in [3.63, 3.8) is 0 Å². The van der Waals surface area contributed by atoms with Gasteiger partial charge in [0.25, 0.3) is 0 Å². The second-order valence-electron chi connectivity index (χ2n) is 6.22. The molecule has 5 heteroatoms. The summed E-state index contributed by atoms with van der Waals surface area (Å²) in [4.78, 5) is 21.8. The quantitative estimate of drug-likeness (QED) is 0.366. The molecule has 0 radical (unpaired) electrons. The fourth-order valence-corrected chi connectivity index (χ4v) is 2.53. The third kappa shape index (κ3) is 18.7. The smallest absolute Gasteiger partial charge is 0.404 e. The summed E-state index contributed by atoms with van der Waals surface area (Å²) in [6.07, 6.45) is 13.9. The Bertz CT molecular complexity index is 296. The molecular formula is C18H36N2O3. The van der Waals surface area contributed by atoms with Crippen LogP contribution in [-0.2, 0) is 4.79 Å². The molecule has 0 aliphatic heterocycles. The Balaban J connectivity index is 3.16. The molecule has 0 rings (SSSR count). The Morgan fingerprint density at radius 3 is 1.74 bits per heavy atom. The van der Waals surface area contributed by atoms with Crippen LogP contribution in [0.15, 0.2) is 0 Å². The third-order valence-electron chi connectivity index (χ3n) is 3.96. The van der Waals surface area contributed by atoms with Crippen molar-refractivity contribution in [1.29, 1.82) is 0 Å². The minimum Gasteiger partial charge on any atom is -0.465 e. The topological polar surface area (TPSA) is 78.4 Å². The number of nitrogens with one attached hydrogen (secondary N) is 2. The zero-order valence-electron chi connectivity index (χ0n) is 14.9. The summed E-state index contributed by atoms with van der Waals surface area (Å²) in [5.74, 6) is 0.0799. The molecular weight excluding hydrogens is 292 g/mol. The molecule has 0 unspecified atom stereocenters. The SMILES string of the molecule is CCCCCCCCCCCCNC(=O)CCCCNC(=O)O. The zero-order chi connectivity index (χ0) is 17.2. The number of rotatable bonds is 16. The fraction of sp³-hybridized carbons (Fsp3) is 0.889. The van der Waals surface area contributed by atoms with Gasteiger partial charge in [0, 0.05) is 19.5 Å². The molecule has 23 heavy (non-hydrogen) atoms. The zero-order valence-corrected chi connectivity index (χ0v) is 14.9. The first-order valence-corrected chi connectivity index (χ1v) is 9.40. The van der Waals surface area contributed by atoms with Gasteiger partial charge in [-0.1, -0.05) is 64.7 Å². The molecule has 3 N–H and O–H groups in total. The van der Waals surface area contributed by atoms with E-state index in [2.05, 4.69) is 17.6 Å². The lowest BCUT2D eigenvalue weighted by atomic mass is 10.1. The van der Waals surface area contributed by atoms with Crippen LogP contribution in [0.4, 0.5) is 4.79 Å². The summed E-state index contributed by atoms with van der Waals surface area (Å²) in [5.41, 5.74) is 0. The lowest BCUT2D eigenvalue weighted by Crippen LogP contribution is -2.25. The molecule has 0 saturated carbocycles. The van der Waals surface area contributed by atoms with E-state index in [0.717, 1.165) is 19.4 Å². The first-order chi connectivity index (χ1) is 11.2. The predicted molar refractivity (Wildman–Crippen MR) is 94.7 cm³/mol. The van der Waals surface area contributed by atoms with Gasteiger partial charge < -0.3 is 15.7 Å². The molecule has 0 fully saturated rings. The van der Waals surface area contributed by atoms with Gasteiger partial charge in [-0.3, -0.25) is 4.79 Å². The van der Waals surface area contributed by atoms with E-state index in [-0.39, 0.29) is 5.91 Å². The summed E-state index contributed by atoms with van der Waals surface area (Å²) < 4.78 is 0. The van der Waals surface area contributed by atoms with Gasteiger partial charge in [-0.2, -0.15) is 0 Å². The van der Waals surface area contributed by atoms with Gasteiger partial charge in [-0.05, 0) is 19.3 Å². The third-order valence-corrected chi connectivity index (χ3v) is 3.96. The van der Waals surface area contributed by atoms with Gasteiger partial charge in [-0.25, -0.2) is 4.79 Å². The van der Waals surface area contributed by atoms with Crippen molar-refractivity contribution in [2.45, 2.75) is 90.4 Å². The van der Waals surface area contributed by atoms with E-state index in [0.29, 0.717) is 19.4 Å². The molecule has 0 atom stereocenters. The molecule has 0 aliphatic carbocycles. The Morgan fingerprint density at radius 1 is 0.696 bits per heavy atom. The average molecular weight is 328 g/mol. The Hall–Kier alpha value is -1.26. The molecule has 2 amide bonds. The summed E-state index contributed by atoms with van der Waals surface area (Å²) in [6.45, 7) is 3.43. The van der Waals surface area contributed by atoms with E-state index in [1.165, 1.54) is 57.8 Å². The number of hydrogen-bond donors (Lipinski definition) is 3. The van der Waals surface area contributed by atoms with Gasteiger partial charge in [0.2, 0.25) is 5.91 Å². The van der Waals surface area contributed by atoms with Crippen molar-refractivity contribution in [1.82, 2.24) is 10.6 Å². The van der Waals surface area contributed by atoms with Crippen molar-refractivity contribution in [3.8, 4) is 0 Å². The van der Waals surface area contributed by atoms with Crippen LogP contribution in [0.5, 0.6) is 0 Å². The number of unbranched alkanes of at least 4 members (excludes halogenated alkanes) is 10. The molecule has 0 spiro atoms. The standard InChI is InChI=1S/C18H36N2O3/c1-2-3-4-5-6-7-8-9-10-12-15-19-17(21)14-11-13-16-20-18(22)23/h20H,2-16H2,1H3,(H,19,21)(H,22,23). The van der Waals surface area contributed by atoms with Crippen LogP contribution < -0.4 is 10.6 Å². The van der Waals surface area contributed by atoms with Gasteiger partial charge in [0.15, 0.2) is 0 Å². The number of amides is 2. The van der Waals surface area contributed by atoms with Crippen molar-refractivity contribution in [2.24, 2.45) is 0 Å². The molecule has 0 bridgehead atoms. The maximum absolute atomic E-state index is 11.6. The van der Waals surface area contributed by atoms with E-state index in [9.17, 15) is 9.59 Å². The van der Waals surface area contributed by atoms with E-state index in [1.807, 2.05) is 0 Å². The van der Waals surface area contributed by atoms with Gasteiger partial charge >= 0.3 is 6.09 Å². The van der Waals surface area contributed by atoms with Crippen LogP contribution >= 0.6 is 0 Å². The van der Waals surface area contributed by atoms with Crippen LogP contribution in [0, 0.1) is 0 Å². The summed E-state index contributed by atoms with van der Waals surface area (Å²) >= 11 is 0. The average Bonchev–Trinajstić information content (AvgIpc) is 2.52. The van der Waals surface area contributed by atoms with E-state index in [4.69, 9.17) is 5.11 Å². The Morgan fingerprint density at radius 2 is 1.17 bits per heavy atom. The number of carboxylic acid groups (broad SMARTS) is 1. The predicted octanol–water partition coefficient (Wildman–Crippen LogP) is 4.46. The molecule has 0 heterocycles. The van der Waals surface area contributed by atoms with E-state index < -0.39 is 6.09 Å². The molecule has 0 aromatic rings. The van der Waals surface area contributed by atoms with E-state index in [1.54, 1.807) is 0 Å². The summed E-state index contributed by atoms with van der Waals surface area (Å²) in [5, 5.41) is 13.6. The molecule has 0 aliphatic rings. The van der Waals surface area contributed by atoms with Crippen LogP contribution in [0.25, 0.3) is 0 Å². The van der Waals surface area contributed by atoms with Gasteiger partial charge in [0.05, 0.1) is 0 Å². The molecule has 136 valence electrons. The fourth-order valence-electron chi connectivity index (χ4n) is 2.53. The van der Waals surface area contributed by atoms with Crippen LogP contribution in [0.2, 0.25) is 0 Å². The summed E-state index contributed by atoms with van der Waals surface area (Å²) in [6, 6.07) is 0. The normalized spacial score (nSPS) is 10.5. The lowest BCUT2D eigenvalue weighted by Gasteiger charge is -2.06. The van der Waals surface area contributed by atoms with Gasteiger partial charge in [-0.15, -0.1) is 0 Å².